The number of hydrogen-bond donors (Lipinski definition) is 4. The van der Waals surface area contributed by atoms with Gasteiger partial charge in [-0.1, -0.05) is 0 Å². The molecule has 1 rings (SSSR count). The van der Waals surface area contributed by atoms with Crippen LogP contribution in [-0.4, -0.2) is 41.3 Å². The van der Waals surface area contributed by atoms with Gasteiger partial charge in [-0.05, 0) is 11.4 Å². The minimum absolute atomic E-state index is 0.0894. The van der Waals surface area contributed by atoms with E-state index >= 15 is 0 Å². The van der Waals surface area contributed by atoms with Gasteiger partial charge in [0.2, 0.25) is 0 Å². The summed E-state index contributed by atoms with van der Waals surface area (Å²) >= 11 is 0.983. The average Bonchev–Trinajstić information content (AvgIpc) is 2.73. The van der Waals surface area contributed by atoms with Gasteiger partial charge >= 0.3 is 12.0 Å². The lowest BCUT2D eigenvalue weighted by atomic mass is 10.3. The molecule has 0 bridgehead atoms. The molecule has 0 spiro atoms. The number of rotatable bonds is 5. The molecular weight excluding hydrogens is 270 g/mol. The number of carbonyl (C=O) groups excluding carboxylic acids is 1. The summed E-state index contributed by atoms with van der Waals surface area (Å²) in [7, 11) is 0. The first-order valence-corrected chi connectivity index (χ1v) is 5.61. The number of carbonyl (C=O) groups is 2. The van der Waals surface area contributed by atoms with Crippen molar-refractivity contribution in [2.24, 2.45) is 0 Å². The normalized spacial score (nSPS) is 12.2. The lowest BCUT2D eigenvalue weighted by molar-refractivity contribution is -0.00155. The molecule has 1 unspecified atom stereocenters. The molecule has 0 saturated heterocycles. The Morgan fingerprint density at radius 1 is 1.44 bits per heavy atom. The lowest BCUT2D eigenvalue weighted by Gasteiger charge is -2.11. The number of hydrogen-bond acceptors (Lipinski definition) is 4. The van der Waals surface area contributed by atoms with Gasteiger partial charge in [-0.3, -0.25) is 5.32 Å². The third-order valence-corrected chi connectivity index (χ3v) is 2.72. The fourth-order valence-electron chi connectivity index (χ4n) is 1.01. The van der Waals surface area contributed by atoms with E-state index in [9.17, 15) is 18.4 Å². The summed E-state index contributed by atoms with van der Waals surface area (Å²) in [6.45, 7) is -0.628. The molecule has 0 saturated carbocycles. The van der Waals surface area contributed by atoms with E-state index in [-0.39, 0.29) is 10.6 Å². The monoisotopic (exact) mass is 280 g/mol. The number of amides is 2. The van der Waals surface area contributed by atoms with Gasteiger partial charge in [0.15, 0.2) is 0 Å². The Bertz CT molecular complexity index is 438. The lowest BCUT2D eigenvalue weighted by Crippen LogP contribution is -2.38. The molecule has 0 aromatic carbocycles. The number of aromatic carboxylic acids is 1. The van der Waals surface area contributed by atoms with Crippen molar-refractivity contribution in [1.29, 1.82) is 0 Å². The highest BCUT2D eigenvalue weighted by molar-refractivity contribution is 7.14. The minimum Gasteiger partial charge on any atom is -0.478 e. The predicted octanol–water partition coefficient (Wildman–Crippen LogP) is 1.19. The Kier molecular flexibility index (Phi) is 4.98. The van der Waals surface area contributed by atoms with Gasteiger partial charge in [-0.2, -0.15) is 0 Å². The smallest absolute Gasteiger partial charge is 0.338 e. The van der Waals surface area contributed by atoms with Gasteiger partial charge in [0.1, 0.15) is 11.1 Å². The zero-order chi connectivity index (χ0) is 13.7. The van der Waals surface area contributed by atoms with Crippen LogP contribution in [0.5, 0.6) is 0 Å². The first-order valence-electron chi connectivity index (χ1n) is 4.73. The fourth-order valence-corrected chi connectivity index (χ4v) is 1.78. The number of aliphatic hydroxyl groups excluding tert-OH is 1. The predicted molar refractivity (Wildman–Crippen MR) is 60.3 cm³/mol. The molecule has 0 fully saturated rings. The van der Waals surface area contributed by atoms with Gasteiger partial charge in [0.05, 0.1) is 12.1 Å². The Balaban J connectivity index is 2.50. The summed E-state index contributed by atoms with van der Waals surface area (Å²) in [5, 5.41) is 23.3. The molecule has 2 amide bonds. The van der Waals surface area contributed by atoms with Crippen LogP contribution in [0.25, 0.3) is 0 Å². The topological polar surface area (TPSA) is 98.7 Å². The maximum Gasteiger partial charge on any atom is 0.338 e. The molecule has 4 N–H and O–H groups in total. The number of thiophene rings is 1. The third kappa shape index (κ3) is 3.93. The molecular formula is C9H10F2N2O4S. The first kappa shape index (κ1) is 14.3. The summed E-state index contributed by atoms with van der Waals surface area (Å²) in [6.07, 6.45) is -4.92. The van der Waals surface area contributed by atoms with Crippen LogP contribution in [0, 0.1) is 0 Å². The molecule has 1 aromatic heterocycles. The van der Waals surface area contributed by atoms with E-state index in [4.69, 9.17) is 10.2 Å². The van der Waals surface area contributed by atoms with Gasteiger partial charge in [-0.25, -0.2) is 18.4 Å². The molecule has 0 aliphatic carbocycles. The largest absolute Gasteiger partial charge is 0.478 e. The second kappa shape index (κ2) is 6.26. The number of halogens is 2. The zero-order valence-electron chi connectivity index (χ0n) is 8.89. The van der Waals surface area contributed by atoms with Crippen molar-refractivity contribution >= 4 is 28.3 Å². The maximum atomic E-state index is 11.9. The summed E-state index contributed by atoms with van der Waals surface area (Å²) in [5.74, 6) is -1.21. The average molecular weight is 280 g/mol. The number of urea groups is 1. The van der Waals surface area contributed by atoms with E-state index in [1.165, 1.54) is 11.4 Å². The number of alkyl halides is 2. The molecule has 0 radical (unpaired) electrons. The Morgan fingerprint density at radius 2 is 2.11 bits per heavy atom. The highest BCUT2D eigenvalue weighted by atomic mass is 32.1. The summed E-state index contributed by atoms with van der Waals surface area (Å²) in [5.41, 5.74) is -0.0930. The van der Waals surface area contributed by atoms with Crippen molar-refractivity contribution in [3.05, 3.63) is 17.0 Å². The van der Waals surface area contributed by atoms with Crippen molar-refractivity contribution in [2.75, 3.05) is 11.9 Å². The van der Waals surface area contributed by atoms with Crippen LogP contribution in [0.2, 0.25) is 0 Å². The van der Waals surface area contributed by atoms with Gasteiger partial charge in [0.25, 0.3) is 6.43 Å². The molecule has 0 aliphatic heterocycles. The third-order valence-electron chi connectivity index (χ3n) is 1.89. The Hall–Kier alpha value is -1.74. The summed E-state index contributed by atoms with van der Waals surface area (Å²) in [6, 6.07) is 0.441. The minimum atomic E-state index is -2.96. The number of anilines is 1. The van der Waals surface area contributed by atoms with Crippen molar-refractivity contribution in [3.63, 3.8) is 0 Å². The summed E-state index contributed by atoms with van der Waals surface area (Å²) in [4.78, 5) is 22.0. The molecule has 6 nitrogen and oxygen atoms in total. The van der Waals surface area contributed by atoms with Crippen LogP contribution in [0.1, 0.15) is 10.4 Å². The zero-order valence-corrected chi connectivity index (χ0v) is 9.71. The van der Waals surface area contributed by atoms with Gasteiger partial charge in [0, 0.05) is 0 Å². The second-order valence-electron chi connectivity index (χ2n) is 3.21. The fraction of sp³-hybridized carbons (Fsp3) is 0.333. The van der Waals surface area contributed by atoms with Crippen LogP contribution in [0.3, 0.4) is 0 Å². The van der Waals surface area contributed by atoms with Crippen LogP contribution in [0.4, 0.5) is 18.6 Å². The van der Waals surface area contributed by atoms with Crippen LogP contribution in [-0.2, 0) is 0 Å². The molecule has 0 aliphatic rings. The molecule has 18 heavy (non-hydrogen) atoms. The SMILES string of the molecule is O=C(NCC(O)C(F)F)Nc1sccc1C(=O)O. The van der Waals surface area contributed by atoms with E-state index in [0.717, 1.165) is 11.3 Å². The molecule has 100 valence electrons. The molecule has 9 heteroatoms. The van der Waals surface area contributed by atoms with Crippen molar-refractivity contribution in [2.45, 2.75) is 12.5 Å². The molecule has 1 atom stereocenters. The summed E-state index contributed by atoms with van der Waals surface area (Å²) < 4.78 is 23.9. The Labute approximate surface area is 104 Å². The first-order chi connectivity index (χ1) is 8.41. The van der Waals surface area contributed by atoms with Crippen LogP contribution in [0.15, 0.2) is 11.4 Å². The number of aliphatic hydroxyl groups is 1. The second-order valence-corrected chi connectivity index (χ2v) is 4.12. The highest BCUT2D eigenvalue weighted by Gasteiger charge is 2.18. The van der Waals surface area contributed by atoms with E-state index in [0.29, 0.717) is 0 Å². The Morgan fingerprint density at radius 3 is 2.67 bits per heavy atom. The van der Waals surface area contributed by atoms with E-state index < -0.39 is 31.1 Å². The van der Waals surface area contributed by atoms with Gasteiger partial charge < -0.3 is 15.5 Å². The number of nitrogens with one attached hydrogen (secondary N) is 2. The quantitative estimate of drug-likeness (QED) is 0.651. The number of carboxylic acid groups (broad SMARTS) is 1. The van der Waals surface area contributed by atoms with Crippen LogP contribution < -0.4 is 10.6 Å². The molecule has 1 heterocycles. The van der Waals surface area contributed by atoms with E-state index in [2.05, 4.69) is 5.32 Å². The number of carboxylic acids is 1. The van der Waals surface area contributed by atoms with Crippen molar-refractivity contribution in [3.8, 4) is 0 Å². The maximum absolute atomic E-state index is 11.9. The van der Waals surface area contributed by atoms with Crippen LogP contribution >= 0.6 is 11.3 Å². The molecule has 1 aromatic rings. The highest BCUT2D eigenvalue weighted by Crippen LogP contribution is 2.22. The van der Waals surface area contributed by atoms with Gasteiger partial charge in [-0.15, -0.1) is 11.3 Å². The van der Waals surface area contributed by atoms with Crippen molar-refractivity contribution < 1.29 is 28.6 Å². The van der Waals surface area contributed by atoms with E-state index in [1.54, 1.807) is 0 Å². The van der Waals surface area contributed by atoms with Crippen molar-refractivity contribution in [1.82, 2.24) is 5.32 Å². The standard InChI is InChI=1S/C9H10F2N2O4S/c10-6(11)5(14)3-12-9(17)13-7-4(8(15)16)1-2-18-7/h1-2,5-6,14H,3H2,(H,15,16)(H2,12,13,17). The van der Waals surface area contributed by atoms with E-state index in [1.807, 2.05) is 5.32 Å².